The topological polar surface area (TPSA) is 12.0 Å². The second kappa shape index (κ2) is 6.17. The van der Waals surface area contributed by atoms with Crippen molar-refractivity contribution in [2.24, 2.45) is 0 Å². The van der Waals surface area contributed by atoms with E-state index < -0.39 is 0 Å². The van der Waals surface area contributed by atoms with Gasteiger partial charge in [0.05, 0.1) is 6.04 Å². The fraction of sp³-hybridized carbons (Fsp3) is 0.375. The Morgan fingerprint density at radius 1 is 1.11 bits per heavy atom. The van der Waals surface area contributed by atoms with Crippen molar-refractivity contribution in [3.8, 4) is 0 Å². The fourth-order valence-electron chi connectivity index (χ4n) is 2.22. The van der Waals surface area contributed by atoms with Gasteiger partial charge in [-0.15, -0.1) is 11.3 Å². The Kier molecular flexibility index (Phi) is 4.56. The van der Waals surface area contributed by atoms with Crippen molar-refractivity contribution in [1.29, 1.82) is 0 Å². The van der Waals surface area contributed by atoms with Gasteiger partial charge in [-0.2, -0.15) is 0 Å². The predicted octanol–water partition coefficient (Wildman–Crippen LogP) is 4.45. The van der Waals surface area contributed by atoms with Crippen LogP contribution in [0.25, 0.3) is 0 Å². The molecule has 0 spiro atoms. The van der Waals surface area contributed by atoms with E-state index in [1.54, 1.807) is 0 Å². The average molecular weight is 259 g/mol. The molecule has 2 heteroatoms. The second-order valence-electron chi connectivity index (χ2n) is 4.71. The number of thiophene rings is 1. The molecule has 1 nitrogen and oxygen atoms in total. The maximum absolute atomic E-state index is 3.68. The van der Waals surface area contributed by atoms with Crippen LogP contribution < -0.4 is 5.32 Å². The van der Waals surface area contributed by atoms with Crippen LogP contribution in [0.5, 0.6) is 0 Å². The van der Waals surface area contributed by atoms with Gasteiger partial charge < -0.3 is 5.32 Å². The normalized spacial score (nSPS) is 12.6. The summed E-state index contributed by atoms with van der Waals surface area (Å²) in [4.78, 5) is 1.44. The molecule has 0 aliphatic rings. The monoisotopic (exact) mass is 259 g/mol. The molecule has 0 fully saturated rings. The standard InChI is InChI=1S/C16H21NS/c1-4-10-17-15(16-13(3)9-11-18-16)14-8-6-5-7-12(14)2/h5-9,11,15,17H,4,10H2,1-3H3. The van der Waals surface area contributed by atoms with Crippen molar-refractivity contribution in [1.82, 2.24) is 5.32 Å². The minimum Gasteiger partial charge on any atom is -0.306 e. The van der Waals surface area contributed by atoms with Gasteiger partial charge in [-0.3, -0.25) is 0 Å². The van der Waals surface area contributed by atoms with Gasteiger partial charge in [0.15, 0.2) is 0 Å². The first-order valence-corrected chi connectivity index (χ1v) is 7.45. The third kappa shape index (κ3) is 2.82. The van der Waals surface area contributed by atoms with Gasteiger partial charge in [0, 0.05) is 4.88 Å². The third-order valence-corrected chi connectivity index (χ3v) is 4.35. The molecule has 96 valence electrons. The summed E-state index contributed by atoms with van der Waals surface area (Å²) in [6.45, 7) is 7.66. The Morgan fingerprint density at radius 3 is 2.50 bits per heavy atom. The van der Waals surface area contributed by atoms with Crippen LogP contribution in [0, 0.1) is 13.8 Å². The lowest BCUT2D eigenvalue weighted by Crippen LogP contribution is -2.23. The van der Waals surface area contributed by atoms with E-state index in [4.69, 9.17) is 0 Å². The van der Waals surface area contributed by atoms with E-state index in [2.05, 4.69) is 61.8 Å². The number of benzene rings is 1. The van der Waals surface area contributed by atoms with Gasteiger partial charge in [-0.05, 0) is 54.9 Å². The maximum Gasteiger partial charge on any atom is 0.0676 e. The maximum atomic E-state index is 3.68. The van der Waals surface area contributed by atoms with Crippen molar-refractivity contribution in [2.75, 3.05) is 6.54 Å². The van der Waals surface area contributed by atoms with Crippen LogP contribution in [0.15, 0.2) is 35.7 Å². The molecular formula is C16H21NS. The van der Waals surface area contributed by atoms with Crippen LogP contribution >= 0.6 is 11.3 Å². The zero-order valence-electron chi connectivity index (χ0n) is 11.4. The summed E-state index contributed by atoms with van der Waals surface area (Å²) in [5.74, 6) is 0. The Hall–Kier alpha value is -1.12. The molecule has 0 saturated carbocycles. The molecule has 0 bridgehead atoms. The molecule has 2 aromatic rings. The second-order valence-corrected chi connectivity index (χ2v) is 5.66. The van der Waals surface area contributed by atoms with Gasteiger partial charge in [0.1, 0.15) is 0 Å². The molecule has 1 atom stereocenters. The van der Waals surface area contributed by atoms with Crippen molar-refractivity contribution in [3.63, 3.8) is 0 Å². The lowest BCUT2D eigenvalue weighted by atomic mass is 9.98. The van der Waals surface area contributed by atoms with Gasteiger partial charge >= 0.3 is 0 Å². The number of nitrogens with one attached hydrogen (secondary N) is 1. The predicted molar refractivity (Wildman–Crippen MR) is 80.4 cm³/mol. The smallest absolute Gasteiger partial charge is 0.0676 e. The van der Waals surface area contributed by atoms with Crippen LogP contribution in [0.2, 0.25) is 0 Å². The Bertz CT molecular complexity index is 501. The van der Waals surface area contributed by atoms with Crippen LogP contribution in [0.4, 0.5) is 0 Å². The summed E-state index contributed by atoms with van der Waals surface area (Å²) < 4.78 is 0. The molecule has 18 heavy (non-hydrogen) atoms. The lowest BCUT2D eigenvalue weighted by Gasteiger charge is -2.20. The van der Waals surface area contributed by atoms with Crippen LogP contribution in [0.3, 0.4) is 0 Å². The highest BCUT2D eigenvalue weighted by Gasteiger charge is 2.17. The largest absolute Gasteiger partial charge is 0.306 e. The Labute approximate surface area is 114 Å². The van der Waals surface area contributed by atoms with E-state index in [1.165, 1.54) is 21.6 Å². The SMILES string of the molecule is CCCNC(c1ccccc1C)c1sccc1C. The first kappa shape index (κ1) is 13.3. The van der Waals surface area contributed by atoms with Crippen molar-refractivity contribution in [2.45, 2.75) is 33.2 Å². The number of rotatable bonds is 5. The summed E-state index contributed by atoms with van der Waals surface area (Å²) in [5, 5.41) is 5.86. The number of aryl methyl sites for hydroxylation is 2. The molecule has 1 heterocycles. The first-order valence-electron chi connectivity index (χ1n) is 6.57. The van der Waals surface area contributed by atoms with E-state index in [9.17, 15) is 0 Å². The molecule has 0 aliphatic carbocycles. The molecule has 2 rings (SSSR count). The summed E-state index contributed by atoms with van der Waals surface area (Å²) in [7, 11) is 0. The van der Waals surface area contributed by atoms with Gasteiger partial charge in [0.2, 0.25) is 0 Å². The fourth-order valence-corrected chi connectivity index (χ4v) is 3.24. The summed E-state index contributed by atoms with van der Waals surface area (Å²) in [6, 6.07) is 11.2. The molecule has 1 unspecified atom stereocenters. The van der Waals surface area contributed by atoms with E-state index in [-0.39, 0.29) is 0 Å². The number of hydrogen-bond acceptors (Lipinski definition) is 2. The molecule has 1 N–H and O–H groups in total. The van der Waals surface area contributed by atoms with Crippen LogP contribution in [0.1, 0.15) is 41.0 Å². The summed E-state index contributed by atoms with van der Waals surface area (Å²) in [5.41, 5.74) is 4.15. The van der Waals surface area contributed by atoms with Crippen molar-refractivity contribution < 1.29 is 0 Å². The molecular weight excluding hydrogens is 238 g/mol. The Morgan fingerprint density at radius 2 is 1.89 bits per heavy atom. The summed E-state index contributed by atoms with van der Waals surface area (Å²) >= 11 is 1.85. The highest BCUT2D eigenvalue weighted by atomic mass is 32.1. The van der Waals surface area contributed by atoms with E-state index in [0.29, 0.717) is 6.04 Å². The van der Waals surface area contributed by atoms with Gasteiger partial charge in [-0.1, -0.05) is 31.2 Å². The van der Waals surface area contributed by atoms with E-state index in [1.807, 2.05) is 11.3 Å². The molecule has 1 aromatic heterocycles. The summed E-state index contributed by atoms with van der Waals surface area (Å²) in [6.07, 6.45) is 1.16. The highest BCUT2D eigenvalue weighted by Crippen LogP contribution is 2.30. The van der Waals surface area contributed by atoms with E-state index in [0.717, 1.165) is 13.0 Å². The average Bonchev–Trinajstić information content (AvgIpc) is 2.78. The minimum atomic E-state index is 0.339. The molecule has 1 aromatic carbocycles. The van der Waals surface area contributed by atoms with Crippen molar-refractivity contribution in [3.05, 3.63) is 57.3 Å². The van der Waals surface area contributed by atoms with E-state index >= 15 is 0 Å². The molecule has 0 aliphatic heterocycles. The highest BCUT2D eigenvalue weighted by molar-refractivity contribution is 7.10. The first-order chi connectivity index (χ1) is 8.74. The van der Waals surface area contributed by atoms with Gasteiger partial charge in [0.25, 0.3) is 0 Å². The zero-order valence-corrected chi connectivity index (χ0v) is 12.2. The van der Waals surface area contributed by atoms with Gasteiger partial charge in [-0.25, -0.2) is 0 Å². The minimum absolute atomic E-state index is 0.339. The van der Waals surface area contributed by atoms with Crippen molar-refractivity contribution >= 4 is 11.3 Å². The lowest BCUT2D eigenvalue weighted by molar-refractivity contribution is 0.601. The molecule has 0 radical (unpaired) electrons. The molecule has 0 amide bonds. The van der Waals surface area contributed by atoms with Crippen LogP contribution in [-0.2, 0) is 0 Å². The Balaban J connectivity index is 2.37. The third-order valence-electron chi connectivity index (χ3n) is 3.26. The van der Waals surface area contributed by atoms with Crippen LogP contribution in [-0.4, -0.2) is 6.54 Å². The quantitative estimate of drug-likeness (QED) is 0.836. The molecule has 0 saturated heterocycles. The number of hydrogen-bond donors (Lipinski definition) is 1. The zero-order chi connectivity index (χ0) is 13.0.